The quantitative estimate of drug-likeness (QED) is 0.425. The number of fused-ring (bicyclic) bond motifs is 1. The summed E-state index contributed by atoms with van der Waals surface area (Å²) in [4.78, 5) is 26.0. The Balaban J connectivity index is 1.59. The summed E-state index contributed by atoms with van der Waals surface area (Å²) in [7, 11) is 3.00. The molecule has 8 nitrogen and oxygen atoms in total. The van der Waals surface area contributed by atoms with Crippen molar-refractivity contribution in [2.45, 2.75) is 31.2 Å². The Kier molecular flexibility index (Phi) is 8.06. The third kappa shape index (κ3) is 4.91. The lowest BCUT2D eigenvalue weighted by Gasteiger charge is -2.35. The molecule has 0 aliphatic carbocycles. The van der Waals surface area contributed by atoms with E-state index in [2.05, 4.69) is 5.32 Å². The van der Waals surface area contributed by atoms with Gasteiger partial charge in [-0.3, -0.25) is 9.59 Å². The number of aliphatic hydroxyl groups is 1. The Labute approximate surface area is 219 Å². The second kappa shape index (κ2) is 11.1. The molecule has 0 spiro atoms. The number of ether oxygens (including phenoxy) is 3. The third-order valence-electron chi connectivity index (χ3n) is 7.01. The van der Waals surface area contributed by atoms with Crippen LogP contribution in [0.4, 0.5) is 4.39 Å². The number of aryl methyl sites for hydroxylation is 1. The average Bonchev–Trinajstić information content (AvgIpc) is 3.26. The number of aromatic nitrogens is 1. The van der Waals surface area contributed by atoms with E-state index in [1.807, 2.05) is 12.1 Å². The number of hydrogen-bond acceptors (Lipinski definition) is 6. The zero-order valence-electron chi connectivity index (χ0n) is 21.0. The Bertz CT molecular complexity index is 1300. The molecule has 1 atom stereocenters. The molecule has 4 rings (SSSR count). The molecule has 1 amide bonds. The Morgan fingerprint density at radius 3 is 2.51 bits per heavy atom. The van der Waals surface area contributed by atoms with Crippen LogP contribution in [0.15, 0.2) is 36.4 Å². The van der Waals surface area contributed by atoms with Gasteiger partial charge in [0.05, 0.1) is 42.3 Å². The minimum Gasteiger partial charge on any atom is -0.494 e. The molecule has 10 heteroatoms. The molecular formula is C27H30ClFN2O6. The molecule has 2 heterocycles. The van der Waals surface area contributed by atoms with Crippen LogP contribution in [0.25, 0.3) is 10.9 Å². The zero-order valence-corrected chi connectivity index (χ0v) is 21.7. The highest BCUT2D eigenvalue weighted by Crippen LogP contribution is 2.37. The standard InChI is InChI=1S/C27H30ClFN2O6/c1-4-37-26(34)27(9-11-36-12-10-27)17-7-5-16(6-8-17)19(15-32)30-25(33)21-13-18-20(31(21)2)14-22(35-3)24(29)23(18)28/h5-8,13-14,19,32H,4,9-12,15H2,1-3H3,(H,30,33)/t19-/m1/s1. The summed E-state index contributed by atoms with van der Waals surface area (Å²) in [6.45, 7) is 2.63. The number of benzene rings is 2. The first-order valence-corrected chi connectivity index (χ1v) is 12.4. The normalized spacial score (nSPS) is 15.8. The molecule has 0 saturated carbocycles. The molecule has 198 valence electrons. The van der Waals surface area contributed by atoms with Crippen molar-refractivity contribution in [3.63, 3.8) is 0 Å². The number of methoxy groups -OCH3 is 1. The zero-order chi connectivity index (χ0) is 26.7. The number of aliphatic hydroxyl groups excluding tert-OH is 1. The molecule has 2 N–H and O–H groups in total. The minimum absolute atomic E-state index is 0.0240. The van der Waals surface area contributed by atoms with Gasteiger partial charge in [-0.25, -0.2) is 4.39 Å². The number of rotatable bonds is 8. The number of nitrogens with one attached hydrogen (secondary N) is 1. The van der Waals surface area contributed by atoms with Crippen molar-refractivity contribution in [1.82, 2.24) is 9.88 Å². The highest BCUT2D eigenvalue weighted by molar-refractivity contribution is 6.36. The SMILES string of the molecule is CCOC(=O)C1(c2ccc([C@@H](CO)NC(=O)c3cc4c(Cl)c(F)c(OC)cc4n3C)cc2)CCOCC1. The van der Waals surface area contributed by atoms with E-state index in [9.17, 15) is 19.1 Å². The van der Waals surface area contributed by atoms with Gasteiger partial charge in [0.15, 0.2) is 11.6 Å². The summed E-state index contributed by atoms with van der Waals surface area (Å²) in [5.41, 5.74) is 1.45. The Hall–Kier alpha value is -3.14. The summed E-state index contributed by atoms with van der Waals surface area (Å²) in [5.74, 6) is -1.47. The fourth-order valence-corrected chi connectivity index (χ4v) is 5.09. The van der Waals surface area contributed by atoms with Gasteiger partial charge >= 0.3 is 5.97 Å². The van der Waals surface area contributed by atoms with Gasteiger partial charge in [0, 0.05) is 31.7 Å². The van der Waals surface area contributed by atoms with Crippen molar-refractivity contribution in [3.05, 3.63) is 64.1 Å². The van der Waals surface area contributed by atoms with E-state index in [1.54, 1.807) is 30.7 Å². The summed E-state index contributed by atoms with van der Waals surface area (Å²) in [5, 5.41) is 13.1. The number of esters is 1. The molecular weight excluding hydrogens is 503 g/mol. The topological polar surface area (TPSA) is 99.0 Å². The lowest BCUT2D eigenvalue weighted by atomic mass is 9.74. The molecule has 0 unspecified atom stereocenters. The van der Waals surface area contributed by atoms with Crippen molar-refractivity contribution < 1.29 is 33.3 Å². The van der Waals surface area contributed by atoms with E-state index in [1.165, 1.54) is 19.2 Å². The number of nitrogens with zero attached hydrogens (tertiary/aromatic N) is 1. The van der Waals surface area contributed by atoms with Crippen molar-refractivity contribution in [3.8, 4) is 5.75 Å². The molecule has 1 aromatic heterocycles. The number of hydrogen-bond donors (Lipinski definition) is 2. The van der Waals surface area contributed by atoms with Gasteiger partial charge in [0.2, 0.25) is 0 Å². The van der Waals surface area contributed by atoms with Crippen LogP contribution in [0.2, 0.25) is 5.02 Å². The molecule has 0 bridgehead atoms. The van der Waals surface area contributed by atoms with E-state index in [0.29, 0.717) is 42.5 Å². The molecule has 0 radical (unpaired) electrons. The lowest BCUT2D eigenvalue weighted by Crippen LogP contribution is -2.42. The maximum absolute atomic E-state index is 14.4. The van der Waals surface area contributed by atoms with E-state index in [-0.39, 0.29) is 35.6 Å². The smallest absolute Gasteiger partial charge is 0.316 e. The molecule has 1 fully saturated rings. The van der Waals surface area contributed by atoms with Crippen molar-refractivity contribution in [2.24, 2.45) is 7.05 Å². The van der Waals surface area contributed by atoms with E-state index in [0.717, 1.165) is 5.56 Å². The second-order valence-electron chi connectivity index (χ2n) is 8.97. The van der Waals surface area contributed by atoms with E-state index >= 15 is 0 Å². The average molecular weight is 533 g/mol. The largest absolute Gasteiger partial charge is 0.494 e. The number of carbonyl (C=O) groups excluding carboxylic acids is 2. The fourth-order valence-electron chi connectivity index (χ4n) is 4.85. The van der Waals surface area contributed by atoms with Crippen LogP contribution in [-0.4, -0.2) is 55.1 Å². The molecule has 3 aromatic rings. The maximum atomic E-state index is 14.4. The number of carbonyl (C=O) groups is 2. The van der Waals surface area contributed by atoms with Crippen molar-refractivity contribution in [1.29, 1.82) is 0 Å². The van der Waals surface area contributed by atoms with Crippen LogP contribution >= 0.6 is 11.6 Å². The van der Waals surface area contributed by atoms with Crippen LogP contribution in [0.5, 0.6) is 5.75 Å². The van der Waals surface area contributed by atoms with E-state index < -0.39 is 23.2 Å². The van der Waals surface area contributed by atoms with Gasteiger partial charge in [-0.1, -0.05) is 35.9 Å². The van der Waals surface area contributed by atoms with Gasteiger partial charge in [-0.05, 0) is 37.0 Å². The molecule has 1 saturated heterocycles. The van der Waals surface area contributed by atoms with Gasteiger partial charge in [-0.15, -0.1) is 0 Å². The predicted octanol–water partition coefficient (Wildman–Crippen LogP) is 4.05. The van der Waals surface area contributed by atoms with Crippen LogP contribution in [0.3, 0.4) is 0 Å². The van der Waals surface area contributed by atoms with Gasteiger partial charge < -0.3 is 29.2 Å². The highest BCUT2D eigenvalue weighted by atomic mass is 35.5. The van der Waals surface area contributed by atoms with Crippen LogP contribution in [-0.2, 0) is 26.7 Å². The lowest BCUT2D eigenvalue weighted by molar-refractivity contribution is -0.154. The van der Waals surface area contributed by atoms with Gasteiger partial charge in [-0.2, -0.15) is 0 Å². The first-order valence-electron chi connectivity index (χ1n) is 12.1. The molecule has 37 heavy (non-hydrogen) atoms. The van der Waals surface area contributed by atoms with Crippen molar-refractivity contribution >= 4 is 34.4 Å². The van der Waals surface area contributed by atoms with Gasteiger partial charge in [0.1, 0.15) is 5.69 Å². The molecule has 2 aromatic carbocycles. The number of halogens is 2. The van der Waals surface area contributed by atoms with Crippen LogP contribution in [0.1, 0.15) is 47.4 Å². The van der Waals surface area contributed by atoms with Crippen molar-refractivity contribution in [2.75, 3.05) is 33.5 Å². The molecule has 1 aliphatic rings. The second-order valence-corrected chi connectivity index (χ2v) is 9.35. The highest BCUT2D eigenvalue weighted by Gasteiger charge is 2.43. The first kappa shape index (κ1) is 26.9. The maximum Gasteiger partial charge on any atom is 0.316 e. The fraction of sp³-hybridized carbons (Fsp3) is 0.407. The molecule has 1 aliphatic heterocycles. The first-order chi connectivity index (χ1) is 17.8. The Morgan fingerprint density at radius 1 is 1.24 bits per heavy atom. The Morgan fingerprint density at radius 2 is 1.92 bits per heavy atom. The van der Waals surface area contributed by atoms with E-state index in [4.69, 9.17) is 25.8 Å². The predicted molar refractivity (Wildman–Crippen MR) is 137 cm³/mol. The summed E-state index contributed by atoms with van der Waals surface area (Å²) >= 11 is 6.18. The summed E-state index contributed by atoms with van der Waals surface area (Å²) in [6.07, 6.45) is 1.03. The summed E-state index contributed by atoms with van der Waals surface area (Å²) in [6, 6.07) is 9.49. The monoisotopic (exact) mass is 532 g/mol. The van der Waals surface area contributed by atoms with Crippen LogP contribution in [0, 0.1) is 5.82 Å². The van der Waals surface area contributed by atoms with Crippen LogP contribution < -0.4 is 10.1 Å². The summed E-state index contributed by atoms with van der Waals surface area (Å²) < 4.78 is 31.9. The third-order valence-corrected chi connectivity index (χ3v) is 7.38. The number of amides is 1. The van der Waals surface area contributed by atoms with Gasteiger partial charge in [0.25, 0.3) is 5.91 Å². The minimum atomic E-state index is -0.788.